The largest absolute Gasteiger partial charge is 0.344 e. The molecule has 2 N–H and O–H groups in total. The average Bonchev–Trinajstić information content (AvgIpc) is 2.79. The lowest BCUT2D eigenvalue weighted by atomic mass is 10.1. The molecule has 1 atom stereocenters. The van der Waals surface area contributed by atoms with E-state index in [2.05, 4.69) is 10.0 Å². The maximum absolute atomic E-state index is 12.6. The van der Waals surface area contributed by atoms with Crippen LogP contribution in [0.1, 0.15) is 17.2 Å². The number of nitrogens with one attached hydrogen (secondary N) is 2. The summed E-state index contributed by atoms with van der Waals surface area (Å²) in [6.07, 6.45) is 3.09. The van der Waals surface area contributed by atoms with Crippen LogP contribution in [0.3, 0.4) is 0 Å². The van der Waals surface area contributed by atoms with Crippen molar-refractivity contribution in [3.05, 3.63) is 101 Å². The van der Waals surface area contributed by atoms with E-state index in [4.69, 9.17) is 11.6 Å². The van der Waals surface area contributed by atoms with E-state index in [1.165, 1.54) is 18.2 Å². The fourth-order valence-corrected chi connectivity index (χ4v) is 4.50. The minimum absolute atomic E-state index is 0.0964. The van der Waals surface area contributed by atoms with Gasteiger partial charge in [-0.1, -0.05) is 66.2 Å². The van der Waals surface area contributed by atoms with Gasteiger partial charge in [0.1, 0.15) is 0 Å². The Labute approximate surface area is 199 Å². The third-order valence-electron chi connectivity index (χ3n) is 4.80. The molecule has 0 saturated heterocycles. The molecule has 1 amide bonds. The van der Waals surface area contributed by atoms with Crippen molar-refractivity contribution in [3.8, 4) is 0 Å². The van der Waals surface area contributed by atoms with Gasteiger partial charge in [-0.2, -0.15) is 0 Å². The molecule has 3 aromatic carbocycles. The first kappa shape index (κ1) is 24.5. The van der Waals surface area contributed by atoms with E-state index in [1.54, 1.807) is 42.5 Å². The third kappa shape index (κ3) is 7.18. The van der Waals surface area contributed by atoms with Crippen LogP contribution in [0.15, 0.2) is 89.8 Å². The predicted molar refractivity (Wildman–Crippen MR) is 134 cm³/mol. The Kier molecular flexibility index (Phi) is 8.27. The Balaban J connectivity index is 1.66. The molecule has 0 heterocycles. The van der Waals surface area contributed by atoms with Crippen molar-refractivity contribution in [1.29, 1.82) is 0 Å². The van der Waals surface area contributed by atoms with Crippen LogP contribution in [-0.2, 0) is 14.8 Å². The molecular weight excluding hydrogens is 458 g/mol. The van der Waals surface area contributed by atoms with Crippen molar-refractivity contribution in [1.82, 2.24) is 10.2 Å². The number of hydrogen-bond donors (Lipinski definition) is 2. The molecule has 0 bridgehead atoms. The van der Waals surface area contributed by atoms with Gasteiger partial charge in [0.15, 0.2) is 0 Å². The number of hydrogen-bond acceptors (Lipinski definition) is 4. The molecule has 1 unspecified atom stereocenters. The van der Waals surface area contributed by atoms with Crippen LogP contribution in [-0.4, -0.2) is 39.9 Å². The van der Waals surface area contributed by atoms with Gasteiger partial charge in [-0.05, 0) is 55.6 Å². The SMILES string of the molecule is CN(C)CC(NC(=O)/C=C/c1ccc(S(=O)(=O)Nc2ccccc2Cl)cc1)c1ccccc1. The van der Waals surface area contributed by atoms with Crippen LogP contribution in [0.25, 0.3) is 6.08 Å². The number of para-hydroxylation sites is 1. The van der Waals surface area contributed by atoms with Crippen LogP contribution in [0.4, 0.5) is 5.69 Å². The number of rotatable bonds is 9. The first-order valence-electron chi connectivity index (χ1n) is 10.3. The highest BCUT2D eigenvalue weighted by molar-refractivity contribution is 7.92. The summed E-state index contributed by atoms with van der Waals surface area (Å²) < 4.78 is 27.7. The molecule has 0 aromatic heterocycles. The predicted octanol–water partition coefficient (Wildman–Crippen LogP) is 4.57. The molecule has 0 fully saturated rings. The van der Waals surface area contributed by atoms with Crippen molar-refractivity contribution in [2.75, 3.05) is 25.4 Å². The number of likely N-dealkylation sites (N-methyl/N-ethyl adjacent to an activating group) is 1. The number of carbonyl (C=O) groups excluding carboxylic acids is 1. The first-order valence-corrected chi connectivity index (χ1v) is 12.2. The first-order chi connectivity index (χ1) is 15.7. The van der Waals surface area contributed by atoms with E-state index in [9.17, 15) is 13.2 Å². The summed E-state index contributed by atoms with van der Waals surface area (Å²) in [5.74, 6) is -0.234. The Hall–Kier alpha value is -3.13. The zero-order valence-electron chi connectivity index (χ0n) is 18.4. The molecule has 0 aliphatic carbocycles. The summed E-state index contributed by atoms with van der Waals surface area (Å²) in [5.41, 5.74) is 2.03. The maximum atomic E-state index is 12.6. The number of anilines is 1. The van der Waals surface area contributed by atoms with Gasteiger partial charge in [0.05, 0.1) is 21.6 Å². The van der Waals surface area contributed by atoms with Gasteiger partial charge in [0.2, 0.25) is 5.91 Å². The Morgan fingerprint density at radius 1 is 0.970 bits per heavy atom. The summed E-state index contributed by atoms with van der Waals surface area (Å²) in [7, 11) is 0.121. The van der Waals surface area contributed by atoms with E-state index < -0.39 is 10.0 Å². The van der Waals surface area contributed by atoms with Gasteiger partial charge in [-0.3, -0.25) is 9.52 Å². The smallest absolute Gasteiger partial charge is 0.261 e. The van der Waals surface area contributed by atoms with Crippen molar-refractivity contribution in [3.63, 3.8) is 0 Å². The lowest BCUT2D eigenvalue weighted by Crippen LogP contribution is -2.34. The molecule has 0 radical (unpaired) electrons. The van der Waals surface area contributed by atoms with Gasteiger partial charge in [0, 0.05) is 12.6 Å². The molecule has 0 aliphatic heterocycles. The normalized spacial score (nSPS) is 12.6. The molecule has 8 heteroatoms. The third-order valence-corrected chi connectivity index (χ3v) is 6.51. The number of amides is 1. The van der Waals surface area contributed by atoms with Crippen molar-refractivity contribution >= 4 is 39.3 Å². The topological polar surface area (TPSA) is 78.5 Å². The lowest BCUT2D eigenvalue weighted by Gasteiger charge is -2.22. The van der Waals surface area contributed by atoms with Gasteiger partial charge in [-0.15, -0.1) is 0 Å². The lowest BCUT2D eigenvalue weighted by molar-refractivity contribution is -0.117. The summed E-state index contributed by atoms with van der Waals surface area (Å²) >= 11 is 6.04. The molecule has 6 nitrogen and oxygen atoms in total. The van der Waals surface area contributed by atoms with E-state index >= 15 is 0 Å². The quantitative estimate of drug-likeness (QED) is 0.437. The second-order valence-electron chi connectivity index (χ2n) is 7.72. The Bertz CT molecular complexity index is 1210. The van der Waals surface area contributed by atoms with Crippen LogP contribution in [0, 0.1) is 0 Å². The molecular formula is C25H26ClN3O3S. The highest BCUT2D eigenvalue weighted by Crippen LogP contribution is 2.24. The second-order valence-corrected chi connectivity index (χ2v) is 9.81. The van der Waals surface area contributed by atoms with Crippen molar-refractivity contribution < 1.29 is 13.2 Å². The highest BCUT2D eigenvalue weighted by atomic mass is 35.5. The number of nitrogens with zero attached hydrogens (tertiary/aromatic N) is 1. The van der Waals surface area contributed by atoms with Crippen molar-refractivity contribution in [2.24, 2.45) is 0 Å². The van der Waals surface area contributed by atoms with E-state index in [1.807, 2.05) is 49.3 Å². The molecule has 0 spiro atoms. The Morgan fingerprint density at radius 3 is 2.24 bits per heavy atom. The minimum Gasteiger partial charge on any atom is -0.344 e. The fourth-order valence-electron chi connectivity index (χ4n) is 3.18. The van der Waals surface area contributed by atoms with E-state index in [-0.39, 0.29) is 16.8 Å². The van der Waals surface area contributed by atoms with Crippen LogP contribution in [0.2, 0.25) is 5.02 Å². The van der Waals surface area contributed by atoms with E-state index in [0.717, 1.165) is 5.56 Å². The zero-order chi connectivity index (χ0) is 23.8. The Morgan fingerprint density at radius 2 is 1.61 bits per heavy atom. The maximum Gasteiger partial charge on any atom is 0.261 e. The zero-order valence-corrected chi connectivity index (χ0v) is 20.0. The summed E-state index contributed by atoms with van der Waals surface area (Å²) in [5, 5.41) is 3.33. The number of benzene rings is 3. The number of carbonyl (C=O) groups is 1. The minimum atomic E-state index is -3.78. The monoisotopic (exact) mass is 483 g/mol. The van der Waals surface area contributed by atoms with Crippen LogP contribution < -0.4 is 10.0 Å². The molecule has 3 aromatic rings. The second kappa shape index (κ2) is 11.1. The van der Waals surface area contributed by atoms with Crippen molar-refractivity contribution in [2.45, 2.75) is 10.9 Å². The summed E-state index contributed by atoms with van der Waals surface area (Å²) in [4.78, 5) is 14.6. The fraction of sp³-hybridized carbons (Fsp3) is 0.160. The molecule has 33 heavy (non-hydrogen) atoms. The molecule has 172 valence electrons. The standard InChI is InChI=1S/C25H26ClN3O3S/c1-29(2)18-24(20-8-4-3-5-9-20)27-25(30)17-14-19-12-15-21(16-13-19)33(31,32)28-23-11-7-6-10-22(23)26/h3-17,24,28H,18H2,1-2H3,(H,27,30)/b17-14+. The average molecular weight is 484 g/mol. The van der Waals surface area contributed by atoms with Gasteiger partial charge in [-0.25, -0.2) is 8.42 Å². The van der Waals surface area contributed by atoms with Crippen LogP contribution >= 0.6 is 11.6 Å². The van der Waals surface area contributed by atoms with Crippen LogP contribution in [0.5, 0.6) is 0 Å². The molecule has 0 aliphatic rings. The van der Waals surface area contributed by atoms with Gasteiger partial charge >= 0.3 is 0 Å². The number of halogens is 1. The summed E-state index contributed by atoms with van der Waals surface area (Å²) in [6, 6.07) is 22.5. The highest BCUT2D eigenvalue weighted by Gasteiger charge is 2.16. The van der Waals surface area contributed by atoms with Gasteiger partial charge in [0.25, 0.3) is 10.0 Å². The van der Waals surface area contributed by atoms with E-state index in [0.29, 0.717) is 22.8 Å². The number of sulfonamides is 1. The summed E-state index contributed by atoms with van der Waals surface area (Å²) in [6.45, 7) is 0.661. The molecule has 0 saturated carbocycles. The van der Waals surface area contributed by atoms with Gasteiger partial charge < -0.3 is 10.2 Å². The molecule has 3 rings (SSSR count).